The monoisotopic (exact) mass is 335 g/mol. The summed E-state index contributed by atoms with van der Waals surface area (Å²) in [7, 11) is 0. The van der Waals surface area contributed by atoms with E-state index in [1.165, 1.54) is 10.5 Å². The highest BCUT2D eigenvalue weighted by molar-refractivity contribution is 6.17. The number of H-pyrrole nitrogens is 1. The van der Waals surface area contributed by atoms with Crippen molar-refractivity contribution in [3.8, 4) is 0 Å². The van der Waals surface area contributed by atoms with Crippen LogP contribution in [0.15, 0.2) is 54.6 Å². The summed E-state index contributed by atoms with van der Waals surface area (Å²) in [5.74, 6) is 1.68. The zero-order valence-electron chi connectivity index (χ0n) is 12.2. The van der Waals surface area contributed by atoms with Crippen LogP contribution in [0.2, 0.25) is 0 Å². The third-order valence-electron chi connectivity index (χ3n) is 3.60. The molecule has 22 heavy (non-hydrogen) atoms. The molecule has 1 atom stereocenters. The highest BCUT2D eigenvalue weighted by atomic mass is 35.5. The Morgan fingerprint density at radius 2 is 1.68 bits per heavy atom. The van der Waals surface area contributed by atoms with Gasteiger partial charge < -0.3 is 22.3 Å². The van der Waals surface area contributed by atoms with Crippen LogP contribution in [0.1, 0.15) is 11.4 Å². The molecule has 5 heteroatoms. The topological polar surface area (TPSA) is 33.1 Å². The Labute approximate surface area is 141 Å². The third kappa shape index (κ3) is 4.23. The molecule has 1 aromatic heterocycles. The van der Waals surface area contributed by atoms with Gasteiger partial charge in [0.25, 0.3) is 0 Å². The predicted octanol–water partition coefficient (Wildman–Crippen LogP) is -0.609. The summed E-state index contributed by atoms with van der Waals surface area (Å²) >= 11 is 5.96. The van der Waals surface area contributed by atoms with Gasteiger partial charge in [-0.05, 0) is 12.1 Å². The van der Waals surface area contributed by atoms with Crippen LogP contribution in [0.4, 0.5) is 0 Å². The molecule has 1 unspecified atom stereocenters. The number of rotatable bonds is 6. The molecule has 116 valence electrons. The normalized spacial score (nSPS) is 12.0. The van der Waals surface area contributed by atoms with Gasteiger partial charge in [-0.1, -0.05) is 42.5 Å². The van der Waals surface area contributed by atoms with E-state index in [1.54, 1.807) is 0 Å². The van der Waals surface area contributed by atoms with Crippen molar-refractivity contribution in [2.75, 3.05) is 12.4 Å². The molecule has 0 saturated heterocycles. The number of alkyl halides is 1. The van der Waals surface area contributed by atoms with E-state index in [0.29, 0.717) is 5.88 Å². The van der Waals surface area contributed by atoms with Crippen molar-refractivity contribution in [1.29, 1.82) is 0 Å². The summed E-state index contributed by atoms with van der Waals surface area (Å²) in [6, 6.07) is 18.7. The second-order valence-electron chi connectivity index (χ2n) is 5.23. The quantitative estimate of drug-likeness (QED) is 0.579. The first kappa shape index (κ1) is 16.8. The SMILES string of the molecule is ClCC[NH+](Cc1ccccc1)Cc1nc2ccccc2[nH]1.[Cl-]. The van der Waals surface area contributed by atoms with Crippen LogP contribution in [0.5, 0.6) is 0 Å². The van der Waals surface area contributed by atoms with E-state index in [2.05, 4.69) is 40.3 Å². The minimum absolute atomic E-state index is 0. The summed E-state index contributed by atoms with van der Waals surface area (Å²) in [6.07, 6.45) is 0. The maximum atomic E-state index is 5.96. The first-order chi connectivity index (χ1) is 10.3. The maximum absolute atomic E-state index is 5.96. The average molecular weight is 336 g/mol. The lowest BCUT2D eigenvalue weighted by Crippen LogP contribution is -3.09. The number of fused-ring (bicyclic) bond motifs is 1. The number of nitrogens with one attached hydrogen (secondary N) is 2. The number of aromatic nitrogens is 2. The summed E-state index contributed by atoms with van der Waals surface area (Å²) < 4.78 is 0. The van der Waals surface area contributed by atoms with E-state index in [1.807, 2.05) is 24.3 Å². The van der Waals surface area contributed by atoms with Gasteiger partial charge in [0.2, 0.25) is 0 Å². The Morgan fingerprint density at radius 1 is 0.955 bits per heavy atom. The molecule has 0 saturated carbocycles. The van der Waals surface area contributed by atoms with Crippen LogP contribution in [0.25, 0.3) is 11.0 Å². The number of imidazole rings is 1. The van der Waals surface area contributed by atoms with E-state index < -0.39 is 0 Å². The number of hydrogen-bond acceptors (Lipinski definition) is 1. The molecule has 0 fully saturated rings. The lowest BCUT2D eigenvalue weighted by Gasteiger charge is -2.17. The van der Waals surface area contributed by atoms with E-state index in [4.69, 9.17) is 11.6 Å². The second kappa shape index (κ2) is 8.18. The van der Waals surface area contributed by atoms with Gasteiger partial charge in [0.05, 0.1) is 23.5 Å². The van der Waals surface area contributed by atoms with Crippen molar-refractivity contribution in [2.45, 2.75) is 13.1 Å². The number of aromatic amines is 1. The minimum Gasteiger partial charge on any atom is -1.00 e. The van der Waals surface area contributed by atoms with Crippen LogP contribution in [-0.2, 0) is 13.1 Å². The largest absolute Gasteiger partial charge is 1.00 e. The van der Waals surface area contributed by atoms with Crippen molar-refractivity contribution in [1.82, 2.24) is 9.97 Å². The summed E-state index contributed by atoms with van der Waals surface area (Å²) in [5.41, 5.74) is 3.45. The van der Waals surface area contributed by atoms with Crippen LogP contribution in [0.3, 0.4) is 0 Å². The Balaban J connectivity index is 0.00000176. The van der Waals surface area contributed by atoms with Crippen LogP contribution in [0, 0.1) is 0 Å². The zero-order valence-corrected chi connectivity index (χ0v) is 13.7. The fraction of sp³-hybridized carbons (Fsp3) is 0.235. The fourth-order valence-corrected chi connectivity index (χ4v) is 2.85. The molecular weight excluding hydrogens is 317 g/mol. The van der Waals surface area contributed by atoms with Gasteiger partial charge in [0.1, 0.15) is 13.1 Å². The van der Waals surface area contributed by atoms with Gasteiger partial charge in [-0.3, -0.25) is 0 Å². The molecule has 0 bridgehead atoms. The number of halogens is 2. The van der Waals surface area contributed by atoms with Gasteiger partial charge in [-0.2, -0.15) is 0 Å². The van der Waals surface area contributed by atoms with Crippen molar-refractivity contribution < 1.29 is 17.3 Å². The first-order valence-corrected chi connectivity index (χ1v) is 7.75. The van der Waals surface area contributed by atoms with Gasteiger partial charge in [0, 0.05) is 5.56 Å². The van der Waals surface area contributed by atoms with Gasteiger partial charge >= 0.3 is 0 Å². The number of para-hydroxylation sites is 2. The van der Waals surface area contributed by atoms with E-state index >= 15 is 0 Å². The molecule has 0 aliphatic heterocycles. The van der Waals surface area contributed by atoms with E-state index in [9.17, 15) is 0 Å². The van der Waals surface area contributed by atoms with Crippen molar-refractivity contribution in [2.24, 2.45) is 0 Å². The number of quaternary nitrogens is 1. The van der Waals surface area contributed by atoms with Crippen LogP contribution >= 0.6 is 11.6 Å². The molecule has 2 aromatic carbocycles. The number of benzene rings is 2. The third-order valence-corrected chi connectivity index (χ3v) is 3.79. The smallest absolute Gasteiger partial charge is 0.162 e. The van der Waals surface area contributed by atoms with Crippen LogP contribution < -0.4 is 17.3 Å². The molecule has 0 amide bonds. The number of nitrogens with zero attached hydrogens (tertiary/aromatic N) is 1. The maximum Gasteiger partial charge on any atom is 0.162 e. The minimum atomic E-state index is 0. The van der Waals surface area contributed by atoms with Crippen molar-refractivity contribution in [3.05, 3.63) is 66.0 Å². The Hall–Kier alpha value is -1.55. The lowest BCUT2D eigenvalue weighted by molar-refractivity contribution is -0.925. The molecule has 0 aliphatic rings. The molecule has 3 rings (SSSR count). The van der Waals surface area contributed by atoms with Crippen LogP contribution in [-0.4, -0.2) is 22.4 Å². The molecule has 3 aromatic rings. The average Bonchev–Trinajstić information content (AvgIpc) is 2.90. The van der Waals surface area contributed by atoms with Gasteiger partial charge in [-0.15, -0.1) is 11.6 Å². The number of hydrogen-bond donors (Lipinski definition) is 2. The molecule has 3 nitrogen and oxygen atoms in total. The molecule has 1 heterocycles. The highest BCUT2D eigenvalue weighted by Gasteiger charge is 2.13. The highest BCUT2D eigenvalue weighted by Crippen LogP contribution is 2.09. The molecule has 0 radical (unpaired) electrons. The summed E-state index contributed by atoms with van der Waals surface area (Å²) in [5, 5.41) is 0. The van der Waals surface area contributed by atoms with Crippen molar-refractivity contribution >= 4 is 22.6 Å². The summed E-state index contributed by atoms with van der Waals surface area (Å²) in [4.78, 5) is 9.46. The van der Waals surface area contributed by atoms with E-state index in [-0.39, 0.29) is 12.4 Å². The van der Waals surface area contributed by atoms with Gasteiger partial charge in [0.15, 0.2) is 5.82 Å². The molecule has 2 N–H and O–H groups in total. The zero-order chi connectivity index (χ0) is 14.5. The van der Waals surface area contributed by atoms with E-state index in [0.717, 1.165) is 36.5 Å². The molecule has 0 aliphatic carbocycles. The Kier molecular flexibility index (Phi) is 6.25. The molecular formula is C17H19Cl2N3. The Morgan fingerprint density at radius 3 is 2.41 bits per heavy atom. The van der Waals surface area contributed by atoms with Gasteiger partial charge in [-0.25, -0.2) is 4.98 Å². The Bertz CT molecular complexity index is 664. The molecule has 0 spiro atoms. The lowest BCUT2D eigenvalue weighted by atomic mass is 10.2. The van der Waals surface area contributed by atoms with Crippen molar-refractivity contribution in [3.63, 3.8) is 0 Å². The predicted molar refractivity (Wildman–Crippen MR) is 86.5 cm³/mol. The fourth-order valence-electron chi connectivity index (χ4n) is 2.58. The second-order valence-corrected chi connectivity index (χ2v) is 5.61. The first-order valence-electron chi connectivity index (χ1n) is 7.22. The standard InChI is InChI=1S/C17H18ClN3.ClH/c18-10-11-21(12-14-6-2-1-3-7-14)13-17-19-15-8-4-5-9-16(15)20-17;/h1-9H,10-13H2,(H,19,20);1H. The summed E-state index contributed by atoms with van der Waals surface area (Å²) in [6.45, 7) is 2.74.